The molecule has 0 bridgehead atoms. The number of primary amides is 1. The summed E-state index contributed by atoms with van der Waals surface area (Å²) >= 11 is 0. The molecule has 1 unspecified atom stereocenters. The normalized spacial score (nSPS) is 19.1. The van der Waals surface area contributed by atoms with E-state index in [1.54, 1.807) is 0 Å². The molecule has 0 aromatic rings. The zero-order chi connectivity index (χ0) is 13.5. The molecule has 0 aromatic heterocycles. The Morgan fingerprint density at radius 2 is 1.89 bits per heavy atom. The Kier molecular flexibility index (Phi) is 5.22. The minimum Gasteiger partial charge on any atom is -0.480 e. The van der Waals surface area contributed by atoms with E-state index in [1.165, 1.54) is 4.90 Å². The van der Waals surface area contributed by atoms with Crippen molar-refractivity contribution in [2.75, 3.05) is 19.6 Å². The van der Waals surface area contributed by atoms with Crippen LogP contribution in [0, 0.1) is 0 Å². The molecule has 0 aliphatic carbocycles. The third kappa shape index (κ3) is 4.11. The van der Waals surface area contributed by atoms with Crippen LogP contribution in [0.4, 0.5) is 9.59 Å². The van der Waals surface area contributed by atoms with Gasteiger partial charge < -0.3 is 26.4 Å². The SMILES string of the molecule is NC(=O)NCCNC(=O)N1CCCCC1C(=O)O. The Balaban J connectivity index is 2.38. The van der Waals surface area contributed by atoms with Crippen LogP contribution in [-0.4, -0.2) is 53.7 Å². The number of piperidine rings is 1. The van der Waals surface area contributed by atoms with Crippen LogP contribution in [0.3, 0.4) is 0 Å². The van der Waals surface area contributed by atoms with Crippen molar-refractivity contribution >= 4 is 18.0 Å². The molecular weight excluding hydrogens is 240 g/mol. The van der Waals surface area contributed by atoms with Gasteiger partial charge in [-0.25, -0.2) is 14.4 Å². The molecular formula is C10H18N4O4. The van der Waals surface area contributed by atoms with E-state index in [0.29, 0.717) is 13.0 Å². The summed E-state index contributed by atoms with van der Waals surface area (Å²) in [4.78, 5) is 34.5. The topological polar surface area (TPSA) is 125 Å². The van der Waals surface area contributed by atoms with Gasteiger partial charge in [0.15, 0.2) is 0 Å². The van der Waals surface area contributed by atoms with Crippen LogP contribution < -0.4 is 16.4 Å². The fraction of sp³-hybridized carbons (Fsp3) is 0.700. The van der Waals surface area contributed by atoms with Crippen molar-refractivity contribution in [3.05, 3.63) is 0 Å². The number of urea groups is 2. The second-order valence-corrected chi connectivity index (χ2v) is 4.07. The van der Waals surface area contributed by atoms with Crippen LogP contribution >= 0.6 is 0 Å². The zero-order valence-corrected chi connectivity index (χ0v) is 10.0. The summed E-state index contributed by atoms with van der Waals surface area (Å²) in [5, 5.41) is 13.9. The Hall–Kier alpha value is -1.99. The highest BCUT2D eigenvalue weighted by atomic mass is 16.4. The van der Waals surface area contributed by atoms with E-state index >= 15 is 0 Å². The number of hydrogen-bond donors (Lipinski definition) is 4. The minimum absolute atomic E-state index is 0.213. The van der Waals surface area contributed by atoms with Crippen LogP contribution in [0.25, 0.3) is 0 Å². The highest BCUT2D eigenvalue weighted by molar-refractivity contribution is 5.82. The number of nitrogens with one attached hydrogen (secondary N) is 2. The average molecular weight is 258 g/mol. The van der Waals surface area contributed by atoms with Crippen molar-refractivity contribution < 1.29 is 19.5 Å². The Morgan fingerprint density at radius 3 is 2.50 bits per heavy atom. The first-order valence-electron chi connectivity index (χ1n) is 5.83. The molecule has 0 spiro atoms. The molecule has 1 aliphatic heterocycles. The molecule has 1 fully saturated rings. The molecule has 4 amide bonds. The molecule has 8 heteroatoms. The number of amides is 4. The standard InChI is InChI=1S/C10H18N4O4/c11-9(17)12-4-5-13-10(18)14-6-2-1-3-7(14)8(15)16/h7H,1-6H2,(H,13,18)(H,15,16)(H3,11,12,17). The third-order valence-corrected chi connectivity index (χ3v) is 2.75. The average Bonchev–Trinajstić information content (AvgIpc) is 2.34. The van der Waals surface area contributed by atoms with Crippen molar-refractivity contribution in [2.24, 2.45) is 5.73 Å². The monoisotopic (exact) mass is 258 g/mol. The lowest BCUT2D eigenvalue weighted by molar-refractivity contribution is -0.143. The Morgan fingerprint density at radius 1 is 1.22 bits per heavy atom. The van der Waals surface area contributed by atoms with E-state index in [4.69, 9.17) is 10.8 Å². The largest absolute Gasteiger partial charge is 0.480 e. The van der Waals surface area contributed by atoms with Gasteiger partial charge in [0, 0.05) is 19.6 Å². The van der Waals surface area contributed by atoms with Crippen molar-refractivity contribution in [2.45, 2.75) is 25.3 Å². The maximum absolute atomic E-state index is 11.8. The molecule has 1 aliphatic rings. The summed E-state index contributed by atoms with van der Waals surface area (Å²) in [5.41, 5.74) is 4.86. The number of carbonyl (C=O) groups is 3. The number of nitrogens with two attached hydrogens (primary N) is 1. The van der Waals surface area contributed by atoms with Crippen LogP contribution in [0.5, 0.6) is 0 Å². The second-order valence-electron chi connectivity index (χ2n) is 4.07. The highest BCUT2D eigenvalue weighted by Crippen LogP contribution is 2.16. The lowest BCUT2D eigenvalue weighted by Gasteiger charge is -2.32. The molecule has 1 rings (SSSR count). The predicted octanol–water partition coefficient (Wildman–Crippen LogP) is -0.697. The molecule has 0 aromatic carbocycles. The molecule has 1 atom stereocenters. The van der Waals surface area contributed by atoms with Crippen molar-refractivity contribution in [3.8, 4) is 0 Å². The summed E-state index contributed by atoms with van der Waals surface area (Å²) in [7, 11) is 0. The fourth-order valence-electron chi connectivity index (χ4n) is 1.89. The number of hydrogen-bond acceptors (Lipinski definition) is 3. The van der Waals surface area contributed by atoms with E-state index in [2.05, 4.69) is 10.6 Å². The van der Waals surface area contributed by atoms with Crippen LogP contribution in [-0.2, 0) is 4.79 Å². The van der Waals surface area contributed by atoms with Crippen LogP contribution in [0.15, 0.2) is 0 Å². The van der Waals surface area contributed by atoms with Gasteiger partial charge in [-0.1, -0.05) is 0 Å². The van der Waals surface area contributed by atoms with E-state index < -0.39 is 24.1 Å². The van der Waals surface area contributed by atoms with E-state index in [1.807, 2.05) is 0 Å². The number of carboxylic acid groups (broad SMARTS) is 1. The summed E-state index contributed by atoms with van der Waals surface area (Å²) in [6.45, 7) is 0.864. The predicted molar refractivity (Wildman–Crippen MR) is 63.0 cm³/mol. The molecule has 18 heavy (non-hydrogen) atoms. The van der Waals surface area contributed by atoms with Crippen molar-refractivity contribution in [1.82, 2.24) is 15.5 Å². The Bertz CT molecular complexity index is 334. The van der Waals surface area contributed by atoms with Gasteiger partial charge in [0.25, 0.3) is 0 Å². The minimum atomic E-state index is -0.986. The lowest BCUT2D eigenvalue weighted by Crippen LogP contribution is -2.52. The number of carboxylic acids is 1. The summed E-state index contributed by atoms with van der Waals surface area (Å²) in [6.07, 6.45) is 2.09. The summed E-state index contributed by atoms with van der Waals surface area (Å²) in [6, 6.07) is -1.85. The van der Waals surface area contributed by atoms with Gasteiger partial charge in [-0.3, -0.25) is 0 Å². The van der Waals surface area contributed by atoms with Gasteiger partial charge in [-0.15, -0.1) is 0 Å². The Labute approximate surface area is 104 Å². The molecule has 102 valence electrons. The number of nitrogens with zero attached hydrogens (tertiary/aromatic N) is 1. The molecule has 0 radical (unpaired) electrons. The molecule has 1 heterocycles. The van der Waals surface area contributed by atoms with E-state index in [0.717, 1.165) is 12.8 Å². The molecule has 5 N–H and O–H groups in total. The van der Waals surface area contributed by atoms with Crippen molar-refractivity contribution in [1.29, 1.82) is 0 Å². The second kappa shape index (κ2) is 6.67. The number of likely N-dealkylation sites (tertiary alicyclic amines) is 1. The van der Waals surface area contributed by atoms with Crippen LogP contribution in [0.1, 0.15) is 19.3 Å². The van der Waals surface area contributed by atoms with E-state index in [-0.39, 0.29) is 13.1 Å². The first-order valence-corrected chi connectivity index (χ1v) is 5.83. The molecule has 1 saturated heterocycles. The lowest BCUT2D eigenvalue weighted by atomic mass is 10.0. The number of rotatable bonds is 4. The quantitative estimate of drug-likeness (QED) is 0.498. The van der Waals surface area contributed by atoms with Gasteiger partial charge in [0.05, 0.1) is 0 Å². The van der Waals surface area contributed by atoms with Gasteiger partial charge in [0.1, 0.15) is 6.04 Å². The molecule has 8 nitrogen and oxygen atoms in total. The first kappa shape index (κ1) is 14.1. The fourth-order valence-corrected chi connectivity index (χ4v) is 1.89. The first-order chi connectivity index (χ1) is 8.52. The van der Waals surface area contributed by atoms with Crippen molar-refractivity contribution in [3.63, 3.8) is 0 Å². The van der Waals surface area contributed by atoms with E-state index in [9.17, 15) is 14.4 Å². The number of aliphatic carboxylic acids is 1. The highest BCUT2D eigenvalue weighted by Gasteiger charge is 2.31. The summed E-state index contributed by atoms with van der Waals surface area (Å²) < 4.78 is 0. The smallest absolute Gasteiger partial charge is 0.326 e. The van der Waals surface area contributed by atoms with Gasteiger partial charge in [-0.05, 0) is 19.3 Å². The molecule has 0 saturated carbocycles. The van der Waals surface area contributed by atoms with Gasteiger partial charge in [0.2, 0.25) is 0 Å². The van der Waals surface area contributed by atoms with Gasteiger partial charge in [-0.2, -0.15) is 0 Å². The maximum atomic E-state index is 11.8. The summed E-state index contributed by atoms with van der Waals surface area (Å²) in [5.74, 6) is -0.986. The maximum Gasteiger partial charge on any atom is 0.326 e. The van der Waals surface area contributed by atoms with Gasteiger partial charge >= 0.3 is 18.0 Å². The number of carbonyl (C=O) groups excluding carboxylic acids is 2. The third-order valence-electron chi connectivity index (χ3n) is 2.75. The zero-order valence-electron chi connectivity index (χ0n) is 10.0. The van der Waals surface area contributed by atoms with Crippen LogP contribution in [0.2, 0.25) is 0 Å².